The number of morpholine rings is 1. The van der Waals surface area contributed by atoms with Gasteiger partial charge in [-0.15, -0.1) is 0 Å². The van der Waals surface area contributed by atoms with E-state index in [2.05, 4.69) is 51.3 Å². The van der Waals surface area contributed by atoms with Crippen LogP contribution in [0.5, 0.6) is 5.75 Å². The van der Waals surface area contributed by atoms with Gasteiger partial charge in [0.2, 0.25) is 0 Å². The second-order valence-electron chi connectivity index (χ2n) is 8.46. The van der Waals surface area contributed by atoms with Crippen molar-refractivity contribution in [1.82, 2.24) is 19.9 Å². The van der Waals surface area contributed by atoms with Crippen molar-refractivity contribution in [2.24, 2.45) is 0 Å². The zero-order chi connectivity index (χ0) is 22.3. The molecule has 6 heteroatoms. The van der Waals surface area contributed by atoms with Gasteiger partial charge in [0.05, 0.1) is 13.2 Å². The molecular formula is C27H30N4O2. The third kappa shape index (κ3) is 5.59. The number of para-hydroxylation sites is 1. The number of H-pyrrole nitrogens is 1. The summed E-state index contributed by atoms with van der Waals surface area (Å²) in [6.07, 6.45) is 8.50. The van der Waals surface area contributed by atoms with Crippen LogP contribution in [0.25, 0.3) is 11.0 Å². The lowest BCUT2D eigenvalue weighted by atomic mass is 10.0. The molecule has 1 aromatic carbocycles. The molecule has 3 aromatic heterocycles. The number of hydrogen-bond acceptors (Lipinski definition) is 5. The minimum atomic E-state index is 0.702. The Labute approximate surface area is 194 Å². The number of fused-ring (bicyclic) bond motifs is 1. The molecule has 1 aliphatic heterocycles. The third-order valence-electron chi connectivity index (χ3n) is 6.21. The summed E-state index contributed by atoms with van der Waals surface area (Å²) in [7, 11) is 0. The fraction of sp³-hybridized carbons (Fsp3) is 0.333. The molecule has 0 spiro atoms. The number of nitrogens with one attached hydrogen (secondary N) is 1. The standard InChI is InChI=1S/C27H30N4O2/c1-2-6-26(33-17-14-31-12-15-32-16-13-31)22(4-1)8-10-24-9-7-21(19-29-24)18-23-20-30-27-25(23)5-3-11-28-27/h1-7,9,11,19-20H,8,10,12-18H2,(H,28,30). The quantitative estimate of drug-likeness (QED) is 0.424. The van der Waals surface area contributed by atoms with Crippen LogP contribution in [0.4, 0.5) is 0 Å². The summed E-state index contributed by atoms with van der Waals surface area (Å²) in [4.78, 5) is 14.7. The maximum absolute atomic E-state index is 6.13. The second kappa shape index (κ2) is 10.6. The van der Waals surface area contributed by atoms with E-state index >= 15 is 0 Å². The highest BCUT2D eigenvalue weighted by molar-refractivity contribution is 5.79. The van der Waals surface area contributed by atoms with Gasteiger partial charge in [0.15, 0.2) is 0 Å². The van der Waals surface area contributed by atoms with Gasteiger partial charge in [0.25, 0.3) is 0 Å². The Balaban J connectivity index is 1.15. The van der Waals surface area contributed by atoms with Gasteiger partial charge in [-0.2, -0.15) is 0 Å². The van der Waals surface area contributed by atoms with Gasteiger partial charge < -0.3 is 14.5 Å². The Morgan fingerprint density at radius 1 is 0.939 bits per heavy atom. The summed E-state index contributed by atoms with van der Waals surface area (Å²) >= 11 is 0. The maximum Gasteiger partial charge on any atom is 0.137 e. The van der Waals surface area contributed by atoms with Crippen LogP contribution in [0.2, 0.25) is 0 Å². The first-order valence-corrected chi connectivity index (χ1v) is 11.7. The zero-order valence-electron chi connectivity index (χ0n) is 18.9. The fourth-order valence-electron chi connectivity index (χ4n) is 4.31. The van der Waals surface area contributed by atoms with Gasteiger partial charge in [-0.25, -0.2) is 4.98 Å². The van der Waals surface area contributed by atoms with Crippen molar-refractivity contribution in [1.29, 1.82) is 0 Å². The minimum absolute atomic E-state index is 0.702. The third-order valence-corrected chi connectivity index (χ3v) is 6.21. The van der Waals surface area contributed by atoms with E-state index in [1.807, 2.05) is 30.7 Å². The molecule has 4 heterocycles. The Kier molecular flexibility index (Phi) is 6.94. The van der Waals surface area contributed by atoms with Gasteiger partial charge in [-0.3, -0.25) is 9.88 Å². The van der Waals surface area contributed by atoms with E-state index in [0.29, 0.717) is 6.61 Å². The lowest BCUT2D eigenvalue weighted by Crippen LogP contribution is -2.38. The number of aromatic amines is 1. The smallest absolute Gasteiger partial charge is 0.137 e. The second-order valence-corrected chi connectivity index (χ2v) is 8.46. The van der Waals surface area contributed by atoms with Crippen LogP contribution in [-0.2, 0) is 24.0 Å². The number of aryl methyl sites for hydroxylation is 2. The SMILES string of the molecule is c1ccc(OCCN2CCOCC2)c(CCc2ccc(Cc3c[nH]c4ncccc34)cn2)c1. The summed E-state index contributed by atoms with van der Waals surface area (Å²) in [5.41, 5.74) is 5.72. The zero-order valence-corrected chi connectivity index (χ0v) is 18.9. The predicted octanol–water partition coefficient (Wildman–Crippen LogP) is 4.04. The molecule has 1 aliphatic rings. The van der Waals surface area contributed by atoms with Gasteiger partial charge in [-0.05, 0) is 53.8 Å². The number of benzene rings is 1. The van der Waals surface area contributed by atoms with Crippen molar-refractivity contribution in [3.8, 4) is 5.75 Å². The van der Waals surface area contributed by atoms with E-state index in [1.165, 1.54) is 22.1 Å². The van der Waals surface area contributed by atoms with E-state index in [-0.39, 0.29) is 0 Å². The van der Waals surface area contributed by atoms with Crippen LogP contribution in [0.1, 0.15) is 22.4 Å². The maximum atomic E-state index is 6.13. The lowest BCUT2D eigenvalue weighted by molar-refractivity contribution is 0.0322. The molecular weight excluding hydrogens is 412 g/mol. The monoisotopic (exact) mass is 442 g/mol. The summed E-state index contributed by atoms with van der Waals surface area (Å²) in [6.45, 7) is 5.26. The van der Waals surface area contributed by atoms with E-state index in [1.54, 1.807) is 0 Å². The number of ether oxygens (including phenoxy) is 2. The first-order chi connectivity index (χ1) is 16.3. The van der Waals surface area contributed by atoms with Crippen molar-refractivity contribution < 1.29 is 9.47 Å². The van der Waals surface area contributed by atoms with Crippen LogP contribution in [0.15, 0.2) is 67.1 Å². The molecule has 5 rings (SSSR count). The predicted molar refractivity (Wildman–Crippen MR) is 130 cm³/mol. The van der Waals surface area contributed by atoms with Crippen LogP contribution in [-0.4, -0.2) is 59.3 Å². The highest BCUT2D eigenvalue weighted by atomic mass is 16.5. The fourth-order valence-corrected chi connectivity index (χ4v) is 4.31. The number of nitrogens with zero attached hydrogens (tertiary/aromatic N) is 3. The molecule has 0 radical (unpaired) electrons. The summed E-state index contributed by atoms with van der Waals surface area (Å²) in [6, 6.07) is 16.8. The molecule has 170 valence electrons. The molecule has 0 bridgehead atoms. The van der Waals surface area contributed by atoms with Crippen molar-refractivity contribution in [3.63, 3.8) is 0 Å². The Bertz CT molecular complexity index is 1170. The van der Waals surface area contributed by atoms with Crippen molar-refractivity contribution in [3.05, 3.63) is 89.5 Å². The Morgan fingerprint density at radius 3 is 2.73 bits per heavy atom. The lowest BCUT2D eigenvalue weighted by Gasteiger charge is -2.26. The summed E-state index contributed by atoms with van der Waals surface area (Å²) in [5.74, 6) is 0.982. The largest absolute Gasteiger partial charge is 0.492 e. The molecule has 1 fully saturated rings. The van der Waals surface area contributed by atoms with Gasteiger partial charge in [0, 0.05) is 55.7 Å². The van der Waals surface area contributed by atoms with Gasteiger partial charge in [0.1, 0.15) is 18.0 Å². The Morgan fingerprint density at radius 2 is 1.85 bits per heavy atom. The van der Waals surface area contributed by atoms with E-state index in [4.69, 9.17) is 14.5 Å². The van der Waals surface area contributed by atoms with Crippen molar-refractivity contribution >= 4 is 11.0 Å². The molecule has 1 saturated heterocycles. The number of hydrogen-bond donors (Lipinski definition) is 1. The van der Waals surface area contributed by atoms with Crippen molar-refractivity contribution in [2.75, 3.05) is 39.5 Å². The molecule has 0 atom stereocenters. The number of rotatable bonds is 9. The average Bonchev–Trinajstić information content (AvgIpc) is 3.28. The molecule has 0 amide bonds. The first-order valence-electron chi connectivity index (χ1n) is 11.7. The average molecular weight is 443 g/mol. The highest BCUT2D eigenvalue weighted by Crippen LogP contribution is 2.21. The topological polar surface area (TPSA) is 63.3 Å². The molecule has 6 nitrogen and oxygen atoms in total. The molecule has 0 aliphatic carbocycles. The molecule has 33 heavy (non-hydrogen) atoms. The molecule has 0 unspecified atom stereocenters. The molecule has 1 N–H and O–H groups in total. The summed E-state index contributed by atoms with van der Waals surface area (Å²) in [5, 5.41) is 1.17. The van der Waals surface area contributed by atoms with E-state index in [0.717, 1.165) is 69.2 Å². The van der Waals surface area contributed by atoms with Gasteiger partial charge >= 0.3 is 0 Å². The van der Waals surface area contributed by atoms with E-state index in [9.17, 15) is 0 Å². The van der Waals surface area contributed by atoms with Crippen LogP contribution in [0, 0.1) is 0 Å². The Hall–Kier alpha value is -3.22. The minimum Gasteiger partial charge on any atom is -0.492 e. The normalized spacial score (nSPS) is 14.5. The number of aromatic nitrogens is 3. The van der Waals surface area contributed by atoms with E-state index < -0.39 is 0 Å². The molecule has 0 saturated carbocycles. The summed E-state index contributed by atoms with van der Waals surface area (Å²) < 4.78 is 11.5. The van der Waals surface area contributed by atoms with Crippen LogP contribution < -0.4 is 4.74 Å². The molecule has 4 aromatic rings. The van der Waals surface area contributed by atoms with Gasteiger partial charge in [-0.1, -0.05) is 24.3 Å². The first kappa shape index (κ1) is 21.6. The number of pyridine rings is 2. The van der Waals surface area contributed by atoms with Crippen LogP contribution >= 0.6 is 0 Å². The van der Waals surface area contributed by atoms with Crippen LogP contribution in [0.3, 0.4) is 0 Å². The van der Waals surface area contributed by atoms with Crippen molar-refractivity contribution in [2.45, 2.75) is 19.3 Å². The highest BCUT2D eigenvalue weighted by Gasteiger charge is 2.11.